The molecule has 0 fully saturated rings. The number of ether oxygens (including phenoxy) is 2. The Labute approximate surface area is 112 Å². The zero-order chi connectivity index (χ0) is 13.7. The van der Waals surface area contributed by atoms with Crippen LogP contribution in [0.2, 0.25) is 0 Å². The molecule has 2 rings (SSSR count). The average molecular weight is 261 g/mol. The van der Waals surface area contributed by atoms with E-state index in [0.717, 1.165) is 30.0 Å². The molecule has 0 unspecified atom stereocenters. The molecule has 0 saturated heterocycles. The standard InChI is InChI=1S/C14H19N3O2/c1-11-4-5-12(13(10-11)18-2)19-9-3-7-17-8-6-14(15)16-17/h4-6,8,10H,3,7,9H2,1-2H3,(H2,15,16). The van der Waals surface area contributed by atoms with Gasteiger partial charge in [0.1, 0.15) is 5.82 Å². The van der Waals surface area contributed by atoms with E-state index in [9.17, 15) is 0 Å². The summed E-state index contributed by atoms with van der Waals surface area (Å²) >= 11 is 0. The van der Waals surface area contributed by atoms with Crippen LogP contribution in [-0.4, -0.2) is 23.5 Å². The Morgan fingerprint density at radius 1 is 1.26 bits per heavy atom. The zero-order valence-corrected chi connectivity index (χ0v) is 11.3. The lowest BCUT2D eigenvalue weighted by molar-refractivity contribution is 0.280. The number of hydrogen-bond donors (Lipinski definition) is 1. The number of nitrogen functional groups attached to an aromatic ring is 1. The molecule has 1 heterocycles. The van der Waals surface area contributed by atoms with Crippen molar-refractivity contribution < 1.29 is 9.47 Å². The Balaban J connectivity index is 1.82. The third-order valence-electron chi connectivity index (χ3n) is 2.77. The van der Waals surface area contributed by atoms with Gasteiger partial charge in [0.2, 0.25) is 0 Å². The van der Waals surface area contributed by atoms with Crippen LogP contribution in [0.25, 0.3) is 0 Å². The first-order valence-electron chi connectivity index (χ1n) is 6.25. The fourth-order valence-corrected chi connectivity index (χ4v) is 1.80. The number of rotatable bonds is 6. The number of methoxy groups -OCH3 is 1. The van der Waals surface area contributed by atoms with E-state index in [0.29, 0.717) is 12.4 Å². The van der Waals surface area contributed by atoms with Gasteiger partial charge in [-0.15, -0.1) is 0 Å². The molecule has 0 aliphatic rings. The molecule has 1 aromatic heterocycles. The Morgan fingerprint density at radius 2 is 2.11 bits per heavy atom. The van der Waals surface area contributed by atoms with Gasteiger partial charge >= 0.3 is 0 Å². The van der Waals surface area contributed by atoms with Gasteiger partial charge in [-0.2, -0.15) is 5.10 Å². The van der Waals surface area contributed by atoms with Crippen molar-refractivity contribution in [3.05, 3.63) is 36.0 Å². The number of benzene rings is 1. The summed E-state index contributed by atoms with van der Waals surface area (Å²) in [5, 5.41) is 4.11. The average Bonchev–Trinajstić information content (AvgIpc) is 2.81. The molecule has 5 heteroatoms. The predicted molar refractivity (Wildman–Crippen MR) is 74.5 cm³/mol. The Kier molecular flexibility index (Phi) is 4.28. The van der Waals surface area contributed by atoms with Crippen LogP contribution in [0.3, 0.4) is 0 Å². The highest BCUT2D eigenvalue weighted by molar-refractivity contribution is 5.42. The molecule has 2 N–H and O–H groups in total. The quantitative estimate of drug-likeness (QED) is 0.810. The van der Waals surface area contributed by atoms with E-state index in [1.54, 1.807) is 13.2 Å². The minimum Gasteiger partial charge on any atom is -0.493 e. The highest BCUT2D eigenvalue weighted by atomic mass is 16.5. The molecule has 1 aromatic carbocycles. The monoisotopic (exact) mass is 261 g/mol. The maximum atomic E-state index is 5.71. The number of hydrogen-bond acceptors (Lipinski definition) is 4. The Bertz CT molecular complexity index is 537. The predicted octanol–water partition coefficient (Wildman–Crippen LogP) is 2.25. The van der Waals surface area contributed by atoms with Gasteiger partial charge in [-0.3, -0.25) is 4.68 Å². The van der Waals surface area contributed by atoms with Crippen molar-refractivity contribution in [2.45, 2.75) is 19.9 Å². The molecule has 0 atom stereocenters. The normalized spacial score (nSPS) is 10.4. The number of aromatic nitrogens is 2. The SMILES string of the molecule is COc1cc(C)ccc1OCCCn1ccc(N)n1. The van der Waals surface area contributed by atoms with Crippen molar-refractivity contribution in [3.63, 3.8) is 0 Å². The molecule has 102 valence electrons. The largest absolute Gasteiger partial charge is 0.493 e. The van der Waals surface area contributed by atoms with Crippen LogP contribution in [0.1, 0.15) is 12.0 Å². The van der Waals surface area contributed by atoms with E-state index >= 15 is 0 Å². The van der Waals surface area contributed by atoms with Crippen molar-refractivity contribution >= 4 is 5.82 Å². The van der Waals surface area contributed by atoms with Gasteiger partial charge in [-0.25, -0.2) is 0 Å². The lowest BCUT2D eigenvalue weighted by Crippen LogP contribution is -2.06. The summed E-state index contributed by atoms with van der Waals surface area (Å²) in [6.45, 7) is 3.42. The second kappa shape index (κ2) is 6.13. The van der Waals surface area contributed by atoms with Crippen molar-refractivity contribution in [2.24, 2.45) is 0 Å². The van der Waals surface area contributed by atoms with Crippen molar-refractivity contribution in [2.75, 3.05) is 19.5 Å². The molecular formula is C14H19N3O2. The van der Waals surface area contributed by atoms with Crippen molar-refractivity contribution in [3.8, 4) is 11.5 Å². The summed E-state index contributed by atoms with van der Waals surface area (Å²) in [6.07, 6.45) is 2.72. The molecule has 2 aromatic rings. The molecular weight excluding hydrogens is 242 g/mol. The first-order valence-corrected chi connectivity index (χ1v) is 6.25. The summed E-state index contributed by atoms with van der Waals surface area (Å²) in [6, 6.07) is 7.68. The Morgan fingerprint density at radius 3 is 2.79 bits per heavy atom. The maximum Gasteiger partial charge on any atom is 0.161 e. The highest BCUT2D eigenvalue weighted by Crippen LogP contribution is 2.27. The molecule has 0 radical (unpaired) electrons. The van der Waals surface area contributed by atoms with E-state index in [-0.39, 0.29) is 0 Å². The van der Waals surface area contributed by atoms with Gasteiger partial charge in [0.05, 0.1) is 13.7 Å². The van der Waals surface area contributed by atoms with Gasteiger partial charge in [-0.05, 0) is 30.7 Å². The lowest BCUT2D eigenvalue weighted by Gasteiger charge is -2.11. The van der Waals surface area contributed by atoms with Crippen LogP contribution >= 0.6 is 0 Å². The molecule has 0 amide bonds. The lowest BCUT2D eigenvalue weighted by atomic mass is 10.2. The summed E-state index contributed by atoms with van der Waals surface area (Å²) in [5.74, 6) is 2.08. The van der Waals surface area contributed by atoms with Crippen LogP contribution in [0.4, 0.5) is 5.82 Å². The fraction of sp³-hybridized carbons (Fsp3) is 0.357. The van der Waals surface area contributed by atoms with Gasteiger partial charge in [0, 0.05) is 19.2 Å². The first-order chi connectivity index (χ1) is 9.19. The van der Waals surface area contributed by atoms with Crippen LogP contribution in [0.15, 0.2) is 30.5 Å². The highest BCUT2D eigenvalue weighted by Gasteiger charge is 2.04. The maximum absolute atomic E-state index is 5.71. The van der Waals surface area contributed by atoms with E-state index in [2.05, 4.69) is 5.10 Å². The number of aryl methyl sites for hydroxylation is 2. The molecule has 0 aliphatic heterocycles. The second-order valence-electron chi connectivity index (χ2n) is 4.36. The van der Waals surface area contributed by atoms with Crippen molar-refractivity contribution in [1.82, 2.24) is 9.78 Å². The number of nitrogens with zero attached hydrogens (tertiary/aromatic N) is 2. The summed E-state index contributed by atoms with van der Waals surface area (Å²) in [7, 11) is 1.65. The summed E-state index contributed by atoms with van der Waals surface area (Å²) in [5.41, 5.74) is 6.70. The minimum atomic E-state index is 0.543. The van der Waals surface area contributed by atoms with Gasteiger partial charge < -0.3 is 15.2 Å². The van der Waals surface area contributed by atoms with Crippen LogP contribution in [0, 0.1) is 6.92 Å². The van der Waals surface area contributed by atoms with Gasteiger partial charge in [0.15, 0.2) is 11.5 Å². The summed E-state index contributed by atoms with van der Waals surface area (Å²) < 4.78 is 12.8. The smallest absolute Gasteiger partial charge is 0.161 e. The molecule has 19 heavy (non-hydrogen) atoms. The molecule has 0 bridgehead atoms. The third-order valence-corrected chi connectivity index (χ3v) is 2.77. The van der Waals surface area contributed by atoms with Crippen molar-refractivity contribution in [1.29, 1.82) is 0 Å². The fourth-order valence-electron chi connectivity index (χ4n) is 1.80. The minimum absolute atomic E-state index is 0.543. The molecule has 0 aliphatic carbocycles. The first kappa shape index (κ1) is 13.3. The molecule has 0 saturated carbocycles. The van der Waals surface area contributed by atoms with Crippen LogP contribution in [0.5, 0.6) is 11.5 Å². The second-order valence-corrected chi connectivity index (χ2v) is 4.36. The molecule has 0 spiro atoms. The van der Waals surface area contributed by atoms with Gasteiger partial charge in [0.25, 0.3) is 0 Å². The Hall–Kier alpha value is -2.17. The number of anilines is 1. The van der Waals surface area contributed by atoms with Gasteiger partial charge in [-0.1, -0.05) is 6.07 Å². The molecule has 5 nitrogen and oxygen atoms in total. The van der Waals surface area contributed by atoms with Crippen LogP contribution < -0.4 is 15.2 Å². The van der Waals surface area contributed by atoms with E-state index in [1.165, 1.54) is 0 Å². The van der Waals surface area contributed by atoms with E-state index in [4.69, 9.17) is 15.2 Å². The zero-order valence-electron chi connectivity index (χ0n) is 11.3. The topological polar surface area (TPSA) is 62.3 Å². The van der Waals surface area contributed by atoms with E-state index in [1.807, 2.05) is 36.0 Å². The van der Waals surface area contributed by atoms with Crippen LogP contribution in [-0.2, 0) is 6.54 Å². The van der Waals surface area contributed by atoms with E-state index < -0.39 is 0 Å². The third kappa shape index (κ3) is 3.64. The summed E-state index contributed by atoms with van der Waals surface area (Å²) in [4.78, 5) is 0. The number of nitrogens with two attached hydrogens (primary N) is 1.